The van der Waals surface area contributed by atoms with Gasteiger partial charge in [-0.05, 0) is 30.5 Å². The third-order valence-electron chi connectivity index (χ3n) is 2.95. The number of thiazole rings is 1. The highest BCUT2D eigenvalue weighted by atomic mass is 32.1. The summed E-state index contributed by atoms with van der Waals surface area (Å²) < 4.78 is 6.20. The van der Waals surface area contributed by atoms with Gasteiger partial charge in [0, 0.05) is 0 Å². The molecular weight excluding hydrogens is 260 g/mol. The summed E-state index contributed by atoms with van der Waals surface area (Å²) in [5.74, 6) is 0.378. The van der Waals surface area contributed by atoms with Crippen LogP contribution in [0.25, 0.3) is 10.2 Å². The van der Waals surface area contributed by atoms with Gasteiger partial charge in [0.2, 0.25) is 0 Å². The molecular formula is C14H18N2O2S. The number of carbonyl (C=O) groups is 1. The van der Waals surface area contributed by atoms with Crippen LogP contribution in [0.4, 0.5) is 9.93 Å². The molecule has 2 aromatic rings. The third kappa shape index (κ3) is 3.67. The van der Waals surface area contributed by atoms with Crippen LogP contribution in [-0.4, -0.2) is 17.7 Å². The molecule has 19 heavy (non-hydrogen) atoms. The topological polar surface area (TPSA) is 51.2 Å². The van der Waals surface area contributed by atoms with Gasteiger partial charge in [-0.1, -0.05) is 37.7 Å². The molecule has 0 bridgehead atoms. The fourth-order valence-electron chi connectivity index (χ4n) is 1.54. The van der Waals surface area contributed by atoms with Crippen LogP contribution >= 0.6 is 11.3 Å². The summed E-state index contributed by atoms with van der Waals surface area (Å²) in [6.07, 6.45) is 0.560. The van der Waals surface area contributed by atoms with Crippen molar-refractivity contribution in [3.05, 3.63) is 23.8 Å². The van der Waals surface area contributed by atoms with Gasteiger partial charge in [-0.2, -0.15) is 0 Å². The average molecular weight is 278 g/mol. The van der Waals surface area contributed by atoms with E-state index in [9.17, 15) is 4.79 Å². The van der Waals surface area contributed by atoms with E-state index in [1.165, 1.54) is 16.9 Å². The molecule has 0 aliphatic heterocycles. The van der Waals surface area contributed by atoms with Crippen molar-refractivity contribution in [2.24, 2.45) is 5.92 Å². The molecule has 2 rings (SSSR count). The molecule has 1 heterocycles. The Bertz CT molecular complexity index is 580. The van der Waals surface area contributed by atoms with Crippen LogP contribution in [0.2, 0.25) is 0 Å². The number of benzene rings is 1. The molecule has 0 radical (unpaired) electrons. The average Bonchev–Trinajstić information content (AvgIpc) is 2.77. The minimum absolute atomic E-state index is 0.378. The van der Waals surface area contributed by atoms with Crippen molar-refractivity contribution in [3.63, 3.8) is 0 Å². The SMILES string of the molecule is CC[C@H](C)COC(=O)Nc1nc2ccc(C)cc2s1. The van der Waals surface area contributed by atoms with Crippen LogP contribution < -0.4 is 5.32 Å². The van der Waals surface area contributed by atoms with Crippen LogP contribution in [-0.2, 0) is 4.74 Å². The first-order chi connectivity index (χ1) is 9.08. The zero-order chi connectivity index (χ0) is 13.8. The van der Waals surface area contributed by atoms with E-state index in [-0.39, 0.29) is 0 Å². The maximum Gasteiger partial charge on any atom is 0.413 e. The molecule has 1 amide bonds. The first kappa shape index (κ1) is 13.8. The van der Waals surface area contributed by atoms with Crippen molar-refractivity contribution in [2.45, 2.75) is 27.2 Å². The summed E-state index contributed by atoms with van der Waals surface area (Å²) in [6.45, 7) is 6.59. The number of amides is 1. The second-order valence-electron chi connectivity index (χ2n) is 4.73. The molecule has 0 saturated heterocycles. The van der Waals surface area contributed by atoms with Crippen molar-refractivity contribution < 1.29 is 9.53 Å². The molecule has 0 unspecified atom stereocenters. The Morgan fingerprint density at radius 2 is 2.32 bits per heavy atom. The molecule has 0 aliphatic rings. The van der Waals surface area contributed by atoms with Crippen molar-refractivity contribution in [1.82, 2.24) is 4.98 Å². The van der Waals surface area contributed by atoms with E-state index in [1.807, 2.05) is 26.0 Å². The summed E-state index contributed by atoms with van der Waals surface area (Å²) in [5, 5.41) is 3.25. The molecule has 5 heteroatoms. The summed E-state index contributed by atoms with van der Waals surface area (Å²) in [4.78, 5) is 16.0. The molecule has 4 nitrogen and oxygen atoms in total. The monoisotopic (exact) mass is 278 g/mol. The number of nitrogens with one attached hydrogen (secondary N) is 1. The van der Waals surface area contributed by atoms with E-state index in [0.717, 1.165) is 16.6 Å². The Hall–Kier alpha value is -1.62. The van der Waals surface area contributed by atoms with E-state index in [4.69, 9.17) is 4.74 Å². The summed E-state index contributed by atoms with van der Waals surface area (Å²) in [5.41, 5.74) is 2.08. The van der Waals surface area contributed by atoms with Gasteiger partial charge >= 0.3 is 6.09 Å². The number of fused-ring (bicyclic) bond motifs is 1. The van der Waals surface area contributed by atoms with Crippen molar-refractivity contribution >= 4 is 32.8 Å². The number of nitrogens with zero attached hydrogens (tertiary/aromatic N) is 1. The summed E-state index contributed by atoms with van der Waals surface area (Å²) in [7, 11) is 0. The van der Waals surface area contributed by atoms with Crippen LogP contribution in [0, 0.1) is 12.8 Å². The number of hydrogen-bond acceptors (Lipinski definition) is 4. The first-order valence-electron chi connectivity index (χ1n) is 6.39. The molecule has 0 fully saturated rings. The van der Waals surface area contributed by atoms with Crippen molar-refractivity contribution in [3.8, 4) is 0 Å². The van der Waals surface area contributed by atoms with Gasteiger partial charge in [0.15, 0.2) is 5.13 Å². The molecule has 102 valence electrons. The lowest BCUT2D eigenvalue weighted by molar-refractivity contribution is 0.143. The highest BCUT2D eigenvalue weighted by molar-refractivity contribution is 7.22. The van der Waals surface area contributed by atoms with Gasteiger partial charge in [0.05, 0.1) is 16.8 Å². The molecule has 1 atom stereocenters. The normalized spacial score (nSPS) is 12.4. The van der Waals surface area contributed by atoms with Gasteiger partial charge in [0.1, 0.15) is 0 Å². The molecule has 1 aromatic carbocycles. The number of hydrogen-bond donors (Lipinski definition) is 1. The van der Waals surface area contributed by atoms with E-state index < -0.39 is 6.09 Å². The summed E-state index contributed by atoms with van der Waals surface area (Å²) in [6, 6.07) is 6.02. The zero-order valence-electron chi connectivity index (χ0n) is 11.4. The van der Waals surface area contributed by atoms with E-state index in [0.29, 0.717) is 17.7 Å². The van der Waals surface area contributed by atoms with Gasteiger partial charge in [-0.15, -0.1) is 0 Å². The quantitative estimate of drug-likeness (QED) is 0.912. The van der Waals surface area contributed by atoms with Crippen LogP contribution in [0.3, 0.4) is 0 Å². The minimum Gasteiger partial charge on any atom is -0.449 e. The first-order valence-corrected chi connectivity index (χ1v) is 7.21. The Balaban J connectivity index is 1.99. The Morgan fingerprint density at radius 3 is 3.05 bits per heavy atom. The smallest absolute Gasteiger partial charge is 0.413 e. The van der Waals surface area contributed by atoms with Crippen molar-refractivity contribution in [1.29, 1.82) is 0 Å². The fourth-order valence-corrected chi connectivity index (χ4v) is 2.49. The number of aryl methyl sites for hydroxylation is 1. The maximum atomic E-state index is 11.6. The predicted molar refractivity (Wildman–Crippen MR) is 78.8 cm³/mol. The summed E-state index contributed by atoms with van der Waals surface area (Å²) >= 11 is 1.46. The number of aromatic nitrogens is 1. The van der Waals surface area contributed by atoms with Crippen molar-refractivity contribution in [2.75, 3.05) is 11.9 Å². The van der Waals surface area contributed by atoms with E-state index >= 15 is 0 Å². The van der Waals surface area contributed by atoms with E-state index in [2.05, 4.69) is 23.3 Å². The predicted octanol–water partition coefficient (Wildman–Crippen LogP) is 4.20. The molecule has 0 saturated carbocycles. The minimum atomic E-state index is -0.434. The largest absolute Gasteiger partial charge is 0.449 e. The molecule has 1 N–H and O–H groups in total. The second-order valence-corrected chi connectivity index (χ2v) is 5.76. The fraction of sp³-hybridized carbons (Fsp3) is 0.429. The van der Waals surface area contributed by atoms with Gasteiger partial charge in [0.25, 0.3) is 0 Å². The molecule has 0 aliphatic carbocycles. The number of anilines is 1. The third-order valence-corrected chi connectivity index (χ3v) is 3.88. The molecule has 0 spiro atoms. The lowest BCUT2D eigenvalue weighted by atomic mass is 10.1. The lowest BCUT2D eigenvalue weighted by Crippen LogP contribution is -2.17. The Morgan fingerprint density at radius 1 is 1.53 bits per heavy atom. The van der Waals surface area contributed by atoms with Crippen LogP contribution in [0.5, 0.6) is 0 Å². The van der Waals surface area contributed by atoms with Gasteiger partial charge in [-0.3, -0.25) is 5.32 Å². The van der Waals surface area contributed by atoms with Crippen LogP contribution in [0.15, 0.2) is 18.2 Å². The molecule has 1 aromatic heterocycles. The lowest BCUT2D eigenvalue weighted by Gasteiger charge is -2.09. The Labute approximate surface area is 116 Å². The highest BCUT2D eigenvalue weighted by Crippen LogP contribution is 2.26. The van der Waals surface area contributed by atoms with E-state index in [1.54, 1.807) is 0 Å². The van der Waals surface area contributed by atoms with Gasteiger partial charge < -0.3 is 4.74 Å². The standard InChI is InChI=1S/C14H18N2O2S/c1-4-9(2)8-18-14(17)16-13-15-11-6-5-10(3)7-12(11)19-13/h5-7,9H,4,8H2,1-3H3,(H,15,16,17)/t9-/m0/s1. The number of rotatable bonds is 4. The number of ether oxygens (including phenoxy) is 1. The van der Waals surface area contributed by atoms with Crippen LogP contribution in [0.1, 0.15) is 25.8 Å². The highest BCUT2D eigenvalue weighted by Gasteiger charge is 2.10. The zero-order valence-corrected chi connectivity index (χ0v) is 12.2. The van der Waals surface area contributed by atoms with Gasteiger partial charge in [-0.25, -0.2) is 9.78 Å². The number of carbonyl (C=O) groups excluding carboxylic acids is 1. The Kier molecular flexibility index (Phi) is 4.37. The maximum absolute atomic E-state index is 11.6. The second kappa shape index (κ2) is 6.02.